The summed E-state index contributed by atoms with van der Waals surface area (Å²) in [7, 11) is 0. The minimum atomic E-state index is -1.32. The molecule has 4 aromatic rings. The van der Waals surface area contributed by atoms with Crippen LogP contribution in [-0.2, 0) is 13.2 Å². The van der Waals surface area contributed by atoms with Crippen molar-refractivity contribution in [1.82, 2.24) is 0 Å². The van der Waals surface area contributed by atoms with Gasteiger partial charge >= 0.3 is 0 Å². The predicted octanol–water partition coefficient (Wildman–Crippen LogP) is 5.82. The van der Waals surface area contributed by atoms with Crippen molar-refractivity contribution < 1.29 is 28.8 Å². The van der Waals surface area contributed by atoms with E-state index in [2.05, 4.69) is 0 Å². The van der Waals surface area contributed by atoms with Crippen molar-refractivity contribution in [2.75, 3.05) is 0 Å². The number of benzene rings is 4. The fourth-order valence-electron chi connectivity index (χ4n) is 4.33. The Morgan fingerprint density at radius 1 is 0.778 bits per heavy atom. The molecular weight excluding hydrogens is 459 g/mol. The van der Waals surface area contributed by atoms with Crippen LogP contribution in [0.1, 0.15) is 40.0 Å². The Morgan fingerprint density at radius 2 is 1.39 bits per heavy atom. The molecule has 5 nitrogen and oxygen atoms in total. The second-order valence-electron chi connectivity index (χ2n) is 8.89. The molecule has 4 aromatic carbocycles. The summed E-state index contributed by atoms with van der Waals surface area (Å²) in [4.78, 5) is 0. The molecule has 0 saturated heterocycles. The van der Waals surface area contributed by atoms with Crippen LogP contribution in [0.4, 0.5) is 4.39 Å². The molecule has 0 bridgehead atoms. The summed E-state index contributed by atoms with van der Waals surface area (Å²) in [6, 6.07) is 27.2. The molecule has 0 amide bonds. The molecule has 0 aliphatic carbocycles. The molecule has 0 spiro atoms. The molecule has 2 N–H and O–H groups in total. The normalized spacial score (nSPS) is 18.7. The molecule has 0 fully saturated rings. The van der Waals surface area contributed by atoms with Crippen molar-refractivity contribution in [3.8, 4) is 17.2 Å². The van der Waals surface area contributed by atoms with Crippen molar-refractivity contribution in [2.24, 2.45) is 0 Å². The monoisotopic (exact) mass is 486 g/mol. The van der Waals surface area contributed by atoms with Gasteiger partial charge in [-0.1, -0.05) is 66.7 Å². The fourth-order valence-corrected chi connectivity index (χ4v) is 4.33. The summed E-state index contributed by atoms with van der Waals surface area (Å²) in [6.45, 7) is 2.43. The fraction of sp³-hybridized carbons (Fsp3) is 0.200. The smallest absolute Gasteiger partial charge is 0.165 e. The molecule has 0 saturated carbocycles. The molecule has 1 heterocycles. The Morgan fingerprint density at radius 3 is 2.00 bits per heavy atom. The lowest BCUT2D eigenvalue weighted by Crippen LogP contribution is -2.34. The molecule has 1 unspecified atom stereocenters. The van der Waals surface area contributed by atoms with Crippen LogP contribution in [0.3, 0.4) is 0 Å². The molecule has 1 aliphatic rings. The molecule has 36 heavy (non-hydrogen) atoms. The number of aliphatic hydroxyl groups is 2. The third-order valence-corrected chi connectivity index (χ3v) is 6.19. The largest absolute Gasteiger partial charge is 0.488 e. The van der Waals surface area contributed by atoms with Crippen LogP contribution >= 0.6 is 0 Å². The highest BCUT2D eigenvalue weighted by Crippen LogP contribution is 2.46. The molecule has 5 rings (SSSR count). The van der Waals surface area contributed by atoms with Gasteiger partial charge in [-0.3, -0.25) is 0 Å². The molecule has 1 aliphatic heterocycles. The van der Waals surface area contributed by atoms with Gasteiger partial charge in [0.05, 0.1) is 5.56 Å². The van der Waals surface area contributed by atoms with Crippen LogP contribution in [0.25, 0.3) is 0 Å². The van der Waals surface area contributed by atoms with Gasteiger partial charge in [-0.15, -0.1) is 0 Å². The van der Waals surface area contributed by atoms with Crippen LogP contribution in [0, 0.1) is 12.7 Å². The van der Waals surface area contributed by atoms with Crippen LogP contribution in [-0.4, -0.2) is 16.3 Å². The average Bonchev–Trinajstić information content (AvgIpc) is 2.89. The van der Waals surface area contributed by atoms with Crippen LogP contribution in [0.5, 0.6) is 17.2 Å². The van der Waals surface area contributed by atoms with Gasteiger partial charge in [-0.2, -0.15) is 0 Å². The van der Waals surface area contributed by atoms with E-state index >= 15 is 0 Å². The van der Waals surface area contributed by atoms with Gasteiger partial charge in [-0.05, 0) is 53.4 Å². The van der Waals surface area contributed by atoms with Crippen molar-refractivity contribution in [1.29, 1.82) is 0 Å². The van der Waals surface area contributed by atoms with Crippen molar-refractivity contribution in [2.45, 2.75) is 38.4 Å². The zero-order valence-electron chi connectivity index (χ0n) is 19.8. The first-order valence-corrected chi connectivity index (χ1v) is 11.8. The van der Waals surface area contributed by atoms with E-state index < -0.39 is 24.1 Å². The Balaban J connectivity index is 1.36. The topological polar surface area (TPSA) is 68.2 Å². The van der Waals surface area contributed by atoms with Crippen molar-refractivity contribution >= 4 is 0 Å². The zero-order chi connectivity index (χ0) is 25.1. The van der Waals surface area contributed by atoms with E-state index in [9.17, 15) is 14.6 Å². The number of fused-ring (bicyclic) bond motifs is 1. The predicted molar refractivity (Wildman–Crippen MR) is 133 cm³/mol. The summed E-state index contributed by atoms with van der Waals surface area (Å²) < 4.78 is 32.6. The number of aliphatic hydroxyl groups excluding tert-OH is 2. The van der Waals surface area contributed by atoms with Gasteiger partial charge in [0.2, 0.25) is 0 Å². The van der Waals surface area contributed by atoms with E-state index in [0.717, 1.165) is 16.7 Å². The van der Waals surface area contributed by atoms with Crippen LogP contribution in [0.15, 0.2) is 91.0 Å². The Labute approximate surface area is 209 Å². The quantitative estimate of drug-likeness (QED) is 0.345. The van der Waals surface area contributed by atoms with E-state index in [1.165, 1.54) is 12.1 Å². The minimum Gasteiger partial charge on any atom is -0.488 e. The maximum Gasteiger partial charge on any atom is 0.165 e. The second-order valence-corrected chi connectivity index (χ2v) is 8.89. The molecule has 0 radical (unpaired) electrons. The number of ether oxygens (including phenoxy) is 3. The van der Waals surface area contributed by atoms with Crippen LogP contribution < -0.4 is 14.2 Å². The third-order valence-electron chi connectivity index (χ3n) is 6.19. The SMILES string of the molecule is Cc1cc(OCc2ccccc2)c2c(c1)OC(c1ccc(OCc3ccccc3)c(F)c1)[C@@H](O)[C@H]2O. The van der Waals surface area contributed by atoms with E-state index in [1.54, 1.807) is 18.2 Å². The maximum atomic E-state index is 14.9. The number of aryl methyl sites for hydroxylation is 1. The molecule has 3 atom stereocenters. The Hall–Kier alpha value is -3.87. The highest BCUT2D eigenvalue weighted by atomic mass is 19.1. The lowest BCUT2D eigenvalue weighted by Gasteiger charge is -2.35. The number of halogens is 1. The van der Waals surface area contributed by atoms with Crippen LogP contribution in [0.2, 0.25) is 0 Å². The van der Waals surface area contributed by atoms with Gasteiger partial charge in [0.25, 0.3) is 0 Å². The average molecular weight is 487 g/mol. The van der Waals surface area contributed by atoms with Gasteiger partial charge in [0.1, 0.15) is 36.9 Å². The highest BCUT2D eigenvalue weighted by molar-refractivity contribution is 5.52. The molecule has 0 aromatic heterocycles. The summed E-state index contributed by atoms with van der Waals surface area (Å²) in [5.74, 6) is 0.359. The van der Waals surface area contributed by atoms with E-state index in [4.69, 9.17) is 14.2 Å². The number of hydrogen-bond acceptors (Lipinski definition) is 5. The van der Waals surface area contributed by atoms with E-state index in [0.29, 0.717) is 29.2 Å². The van der Waals surface area contributed by atoms with Gasteiger partial charge < -0.3 is 24.4 Å². The summed E-state index contributed by atoms with van der Waals surface area (Å²) in [5.41, 5.74) is 3.54. The van der Waals surface area contributed by atoms with E-state index in [1.807, 2.05) is 67.6 Å². The summed E-state index contributed by atoms with van der Waals surface area (Å²) in [5, 5.41) is 22.0. The number of hydrogen-bond donors (Lipinski definition) is 2. The van der Waals surface area contributed by atoms with Gasteiger partial charge in [0.15, 0.2) is 17.7 Å². The van der Waals surface area contributed by atoms with Crippen molar-refractivity contribution in [3.63, 3.8) is 0 Å². The first-order valence-electron chi connectivity index (χ1n) is 11.8. The van der Waals surface area contributed by atoms with Crippen molar-refractivity contribution in [3.05, 3.63) is 125 Å². The third kappa shape index (κ3) is 5.05. The highest BCUT2D eigenvalue weighted by Gasteiger charge is 2.39. The summed E-state index contributed by atoms with van der Waals surface area (Å²) >= 11 is 0. The zero-order valence-corrected chi connectivity index (χ0v) is 19.8. The second kappa shape index (κ2) is 10.4. The molecule has 184 valence electrons. The Bertz CT molecular complexity index is 1330. The van der Waals surface area contributed by atoms with E-state index in [-0.39, 0.29) is 12.4 Å². The summed E-state index contributed by atoms with van der Waals surface area (Å²) in [6.07, 6.45) is -3.56. The molecular formula is C30H27FO5. The maximum absolute atomic E-state index is 14.9. The lowest BCUT2D eigenvalue weighted by atomic mass is 9.91. The Kier molecular flexibility index (Phi) is 6.89. The standard InChI is InChI=1S/C30H27FO5/c1-19-14-25(35-18-21-10-6-3-7-11-21)27-26(15-19)36-30(29(33)28(27)32)22-12-13-24(23(31)16-22)34-17-20-8-4-2-5-9-20/h2-16,28-30,32-33H,17-18H2,1H3/t28-,29-,30?/m0/s1. The van der Waals surface area contributed by atoms with Gasteiger partial charge in [-0.25, -0.2) is 4.39 Å². The minimum absolute atomic E-state index is 0.0984. The first-order chi connectivity index (χ1) is 17.5. The molecule has 6 heteroatoms. The lowest BCUT2D eigenvalue weighted by molar-refractivity contribution is -0.0713. The number of rotatable bonds is 7. The van der Waals surface area contributed by atoms with Gasteiger partial charge in [0, 0.05) is 0 Å². The first kappa shape index (κ1) is 23.9.